The Balaban J connectivity index is 1.22. The van der Waals surface area contributed by atoms with Crippen LogP contribution in [-0.4, -0.2) is 90.8 Å². The number of piperidine rings is 1. The van der Waals surface area contributed by atoms with Crippen LogP contribution in [0, 0.1) is 0 Å². The standard InChI is InChI=1S/C25H27FN10O5S2/c26-5-9-41-32-16(19-31-25(27)43-33-19)21(37)30-17-22(38)36-18(24(39)40)13(11-42-23(17)36)10-34-8-1-2-15-20(34)29-12-35(15)14-3-6-28-7-4-14/h1-2,8,12,14,17,23,28H,3-7,9-11H2,(H3-,27,30,31,33,37,39,40)/b32-16+. The minimum atomic E-state index is -1.49. The molecule has 226 valence electrons. The van der Waals surface area contributed by atoms with Gasteiger partial charge in [-0.25, -0.2) is 8.96 Å². The number of nitrogens with one attached hydrogen (secondary N) is 2. The lowest BCUT2D eigenvalue weighted by molar-refractivity contribution is -0.664. The third-order valence-electron chi connectivity index (χ3n) is 7.39. The quantitative estimate of drug-likeness (QED) is 0.0773. The number of carbonyl (C=O) groups excluding carboxylic acids is 3. The summed E-state index contributed by atoms with van der Waals surface area (Å²) in [5, 5.41) is 21.3. The van der Waals surface area contributed by atoms with Crippen molar-refractivity contribution < 1.29 is 33.3 Å². The average Bonchev–Trinajstić information content (AvgIpc) is 3.65. The molecule has 2 fully saturated rings. The predicted octanol–water partition coefficient (Wildman–Crippen LogP) is -1.52. The molecule has 0 aliphatic carbocycles. The number of halogens is 1. The summed E-state index contributed by atoms with van der Waals surface area (Å²) in [7, 11) is 0. The number of nitrogen functional groups attached to an aromatic ring is 1. The van der Waals surface area contributed by atoms with Gasteiger partial charge in [-0.15, -0.1) is 11.8 Å². The molecule has 6 heterocycles. The Morgan fingerprint density at radius 1 is 1.35 bits per heavy atom. The number of rotatable bonds is 10. The van der Waals surface area contributed by atoms with E-state index in [0.717, 1.165) is 47.9 Å². The van der Waals surface area contributed by atoms with Crippen molar-refractivity contribution in [1.82, 2.24) is 34.4 Å². The zero-order valence-corrected chi connectivity index (χ0v) is 24.3. The van der Waals surface area contributed by atoms with Crippen LogP contribution < -0.4 is 26.0 Å². The summed E-state index contributed by atoms with van der Waals surface area (Å²) in [5.74, 6) is -2.85. The average molecular weight is 631 g/mol. The molecular weight excluding hydrogens is 603 g/mol. The molecule has 0 aromatic carbocycles. The van der Waals surface area contributed by atoms with Gasteiger partial charge in [0.15, 0.2) is 5.13 Å². The van der Waals surface area contributed by atoms with Gasteiger partial charge in [0.1, 0.15) is 36.8 Å². The van der Waals surface area contributed by atoms with Gasteiger partial charge >= 0.3 is 5.65 Å². The summed E-state index contributed by atoms with van der Waals surface area (Å²) in [4.78, 5) is 53.1. The van der Waals surface area contributed by atoms with E-state index in [1.807, 2.05) is 29.2 Å². The van der Waals surface area contributed by atoms with Crippen molar-refractivity contribution in [1.29, 1.82) is 0 Å². The maximum absolute atomic E-state index is 13.2. The summed E-state index contributed by atoms with van der Waals surface area (Å²) in [6.07, 6.45) is 5.61. The fraction of sp³-hybridized carbons (Fsp3) is 0.440. The topological polar surface area (TPSA) is 197 Å². The van der Waals surface area contributed by atoms with Crippen LogP contribution in [0.5, 0.6) is 0 Å². The van der Waals surface area contributed by atoms with Gasteiger partial charge < -0.3 is 35.7 Å². The van der Waals surface area contributed by atoms with Crippen LogP contribution in [0.25, 0.3) is 11.2 Å². The molecule has 0 radical (unpaired) electrons. The summed E-state index contributed by atoms with van der Waals surface area (Å²) >= 11 is 2.13. The molecule has 2 saturated heterocycles. The number of hydrogen-bond acceptors (Lipinski definition) is 13. The van der Waals surface area contributed by atoms with E-state index in [1.54, 1.807) is 0 Å². The molecule has 2 amide bonds. The van der Waals surface area contributed by atoms with Crippen molar-refractivity contribution in [3.8, 4) is 0 Å². The van der Waals surface area contributed by atoms with Crippen LogP contribution in [-0.2, 0) is 25.8 Å². The number of carbonyl (C=O) groups is 3. The minimum Gasteiger partial charge on any atom is -0.543 e. The van der Waals surface area contributed by atoms with E-state index in [4.69, 9.17) is 10.6 Å². The zero-order chi connectivity index (χ0) is 30.1. The molecule has 3 aliphatic heterocycles. The van der Waals surface area contributed by atoms with Crippen molar-refractivity contribution in [3.63, 3.8) is 0 Å². The molecule has 0 saturated carbocycles. The second kappa shape index (κ2) is 12.2. The Kier molecular flexibility index (Phi) is 8.22. The number of fused-ring (bicyclic) bond motifs is 2. The number of nitrogens with zero attached hydrogens (tertiary/aromatic N) is 7. The van der Waals surface area contributed by atoms with Gasteiger partial charge in [-0.05, 0) is 43.0 Å². The molecule has 3 aromatic rings. The number of oxime groups is 1. The van der Waals surface area contributed by atoms with Gasteiger partial charge in [0, 0.05) is 28.9 Å². The lowest BCUT2D eigenvalue weighted by atomic mass is 10.0. The number of alkyl halides is 1. The number of β-lactam (4-membered cyclic amide) rings is 1. The number of anilines is 1. The molecule has 18 heteroatoms. The number of pyridine rings is 1. The van der Waals surface area contributed by atoms with E-state index in [-0.39, 0.29) is 29.0 Å². The summed E-state index contributed by atoms with van der Waals surface area (Å²) in [6.45, 7) is 0.801. The molecule has 2 atom stereocenters. The number of aliphatic carboxylic acids is 1. The Morgan fingerprint density at radius 3 is 2.88 bits per heavy atom. The van der Waals surface area contributed by atoms with Crippen LogP contribution in [0.15, 0.2) is 41.1 Å². The minimum absolute atomic E-state index is 0.0672. The zero-order valence-electron chi connectivity index (χ0n) is 22.6. The van der Waals surface area contributed by atoms with E-state index in [0.29, 0.717) is 17.3 Å². The highest BCUT2D eigenvalue weighted by Crippen LogP contribution is 2.40. The van der Waals surface area contributed by atoms with Crippen LogP contribution in [0.4, 0.5) is 9.52 Å². The number of carboxylic acid groups (broad SMARTS) is 1. The van der Waals surface area contributed by atoms with Crippen LogP contribution >= 0.6 is 23.3 Å². The fourth-order valence-corrected chi connectivity index (χ4v) is 7.19. The Labute approximate surface area is 252 Å². The first-order chi connectivity index (χ1) is 20.9. The molecule has 3 aliphatic rings. The Hall–Kier alpha value is -4.16. The van der Waals surface area contributed by atoms with E-state index in [1.165, 1.54) is 11.8 Å². The SMILES string of the molecule is Nc1nc(/C(=N\OCCF)C(=O)NC2C(=O)N3C(C(=O)[O-])=C(C[n+]4cccc5c4ncn5C4CCNCC4)CSC23)ns1. The number of amides is 2. The monoisotopic (exact) mass is 630 g/mol. The highest BCUT2D eigenvalue weighted by molar-refractivity contribution is 8.00. The first kappa shape index (κ1) is 28.9. The number of aromatic nitrogens is 5. The lowest BCUT2D eigenvalue weighted by Crippen LogP contribution is -2.71. The van der Waals surface area contributed by atoms with E-state index in [2.05, 4.69) is 34.7 Å². The first-order valence-electron chi connectivity index (χ1n) is 13.5. The molecule has 0 bridgehead atoms. The Bertz CT molecular complexity index is 1640. The van der Waals surface area contributed by atoms with Gasteiger partial charge in [-0.2, -0.15) is 9.36 Å². The smallest absolute Gasteiger partial charge is 0.349 e. The lowest BCUT2D eigenvalue weighted by Gasteiger charge is -2.50. The number of nitrogens with two attached hydrogens (primary N) is 1. The van der Waals surface area contributed by atoms with Gasteiger partial charge in [0.05, 0.1) is 17.9 Å². The third kappa shape index (κ3) is 5.52. The van der Waals surface area contributed by atoms with Crippen molar-refractivity contribution in [2.24, 2.45) is 5.16 Å². The molecule has 0 spiro atoms. The van der Waals surface area contributed by atoms with Crippen molar-refractivity contribution in [2.45, 2.75) is 36.8 Å². The number of hydrogen-bond donors (Lipinski definition) is 3. The fourth-order valence-electron chi connectivity index (χ4n) is 5.42. The molecule has 2 unspecified atom stereocenters. The second-order valence-corrected chi connectivity index (χ2v) is 11.9. The van der Waals surface area contributed by atoms with Gasteiger partial charge in [-0.1, -0.05) is 5.16 Å². The molecule has 15 nitrogen and oxygen atoms in total. The van der Waals surface area contributed by atoms with Gasteiger partial charge in [0.25, 0.3) is 11.8 Å². The van der Waals surface area contributed by atoms with E-state index < -0.39 is 48.2 Å². The maximum atomic E-state index is 13.2. The third-order valence-corrected chi connectivity index (χ3v) is 9.27. The largest absolute Gasteiger partial charge is 0.543 e. The van der Waals surface area contributed by atoms with Crippen molar-refractivity contribution >= 4 is 63.1 Å². The summed E-state index contributed by atoms with van der Waals surface area (Å²) in [5.41, 5.74) is 7.13. The Morgan fingerprint density at radius 2 is 2.16 bits per heavy atom. The number of imidazole rings is 1. The second-order valence-electron chi connectivity index (χ2n) is 10.00. The number of thioether (sulfide) groups is 1. The molecule has 3 aromatic heterocycles. The summed E-state index contributed by atoms with van der Waals surface area (Å²) < 4.78 is 20.5. The highest BCUT2D eigenvalue weighted by atomic mass is 32.2. The van der Waals surface area contributed by atoms with Gasteiger partial charge in [0.2, 0.25) is 17.9 Å². The van der Waals surface area contributed by atoms with E-state index in [9.17, 15) is 23.9 Å². The van der Waals surface area contributed by atoms with Crippen molar-refractivity contribution in [2.75, 3.05) is 37.9 Å². The van der Waals surface area contributed by atoms with Crippen LogP contribution in [0.2, 0.25) is 0 Å². The molecular formula is C25H27FN10O5S2. The van der Waals surface area contributed by atoms with Crippen LogP contribution in [0.1, 0.15) is 24.7 Å². The molecule has 4 N–H and O–H groups in total. The van der Waals surface area contributed by atoms with E-state index >= 15 is 0 Å². The highest BCUT2D eigenvalue weighted by Gasteiger charge is 2.53. The first-order valence-corrected chi connectivity index (χ1v) is 15.3. The number of carboxylic acids is 1. The predicted molar refractivity (Wildman–Crippen MR) is 151 cm³/mol. The van der Waals surface area contributed by atoms with Crippen molar-refractivity contribution in [3.05, 3.63) is 41.8 Å². The van der Waals surface area contributed by atoms with Gasteiger partial charge in [-0.3, -0.25) is 14.5 Å². The maximum Gasteiger partial charge on any atom is 0.349 e. The normalized spacial score (nSPS) is 21.1. The summed E-state index contributed by atoms with van der Waals surface area (Å²) in [6, 6.07) is 3.14. The van der Waals surface area contributed by atoms with Crippen LogP contribution in [0.3, 0.4) is 0 Å². The molecule has 43 heavy (non-hydrogen) atoms. The molecule has 6 rings (SSSR count).